The molecular weight excluding hydrogens is 927 g/mol. The maximum absolute atomic E-state index is 13.0. The summed E-state index contributed by atoms with van der Waals surface area (Å²) in [6.45, 7) is 17.4. The number of hydrogen-bond acceptors (Lipinski definition) is 17. The van der Waals surface area contributed by atoms with E-state index in [9.17, 15) is 19.2 Å². The highest BCUT2D eigenvalue weighted by molar-refractivity contribution is 5.96. The minimum Gasteiger partial charge on any atom is -0.476 e. The van der Waals surface area contributed by atoms with Crippen LogP contribution in [0.15, 0.2) is 46.2 Å². The third-order valence-corrected chi connectivity index (χ3v) is 12.9. The van der Waals surface area contributed by atoms with Gasteiger partial charge in [-0.2, -0.15) is 0 Å². The number of H-pyrrole nitrogens is 2. The molecule has 72 heavy (non-hydrogen) atoms. The summed E-state index contributed by atoms with van der Waals surface area (Å²) in [4.78, 5) is 79.3. The molecule has 10 heterocycles. The average Bonchev–Trinajstić information content (AvgIpc) is 4.18. The molecule has 2 saturated heterocycles. The van der Waals surface area contributed by atoms with Gasteiger partial charge in [0.05, 0.1) is 23.9 Å². The van der Waals surface area contributed by atoms with E-state index in [1.165, 1.54) is 6.33 Å². The van der Waals surface area contributed by atoms with Crippen LogP contribution in [-0.4, -0.2) is 136 Å². The van der Waals surface area contributed by atoms with E-state index >= 15 is 0 Å². The maximum Gasteiger partial charge on any atom is 0.410 e. The Labute approximate surface area is 418 Å². The molecule has 0 spiro atoms. The van der Waals surface area contributed by atoms with E-state index in [1.54, 1.807) is 22.3 Å². The van der Waals surface area contributed by atoms with E-state index < -0.39 is 17.2 Å². The molecule has 22 heteroatoms. The summed E-state index contributed by atoms with van der Waals surface area (Å²) in [5, 5.41) is 18.8. The minimum atomic E-state index is -1.07. The minimum absolute atomic E-state index is 0. The van der Waals surface area contributed by atoms with Crippen molar-refractivity contribution < 1.29 is 42.8 Å². The number of amides is 2. The second-order valence-corrected chi connectivity index (χ2v) is 20.4. The molecule has 5 N–H and O–H groups in total. The molecule has 6 aromatic rings. The maximum atomic E-state index is 13.0. The summed E-state index contributed by atoms with van der Waals surface area (Å²) in [5.41, 5.74) is 8.06. The van der Waals surface area contributed by atoms with Crippen LogP contribution in [0.25, 0.3) is 22.1 Å². The first-order valence-electron chi connectivity index (χ1n) is 24.4. The molecule has 2 unspecified atom stereocenters. The molecule has 2 atom stereocenters. The first-order chi connectivity index (χ1) is 33.9. The molecule has 0 bridgehead atoms. The predicted molar refractivity (Wildman–Crippen MR) is 268 cm³/mol. The van der Waals surface area contributed by atoms with Crippen molar-refractivity contribution in [3.8, 4) is 0 Å². The second kappa shape index (κ2) is 22.5. The zero-order chi connectivity index (χ0) is 50.5. The van der Waals surface area contributed by atoms with Gasteiger partial charge >= 0.3 is 18.2 Å². The molecule has 22 nitrogen and oxygen atoms in total. The van der Waals surface area contributed by atoms with Crippen molar-refractivity contribution in [1.29, 1.82) is 0 Å². The van der Waals surface area contributed by atoms with E-state index in [0.717, 1.165) is 96.8 Å². The number of ketones is 1. The van der Waals surface area contributed by atoms with Gasteiger partial charge in [-0.3, -0.25) is 4.79 Å². The number of nitrogens with two attached hydrogens (primary N) is 1. The molecule has 0 radical (unpaired) electrons. The van der Waals surface area contributed by atoms with Gasteiger partial charge in [0.15, 0.2) is 17.2 Å². The van der Waals surface area contributed by atoms with E-state index in [-0.39, 0.29) is 31.1 Å². The number of fused-ring (bicyclic) bond motifs is 4. The number of carboxylic acid groups (broad SMARTS) is 1. The average molecular weight is 996 g/mol. The van der Waals surface area contributed by atoms with Crippen LogP contribution in [0.3, 0.4) is 0 Å². The standard InChI is InChI=1S/C25H32N6O4.C13H11N5O3.C11H22N2O2.CH4/c1-25(2,3)34-24(33)31-11-8-16(13-31)5-4-6-19(32)21-18-14-30(12-9-20(18)35-29-21)23-17-7-10-26-22(17)27-15-28-23;19-13(20)10-8-5-18(4-2-9(8)21-17-10)12-7-1-3-14-11(7)15-6-16-12;1-11(2,3)15-10(14)13-7-5-9(8-13)4-6-12;/h7,10,15-16H,4-6,8-9,11-14H2,1-3H3,(H,26,27,28);1,3,6H,2,4-5H2,(H,19,20)(H,14,15,16);9H,4-8,12H2,1-3H3;1H4. The summed E-state index contributed by atoms with van der Waals surface area (Å²) >= 11 is 0. The fourth-order valence-corrected chi connectivity index (χ4v) is 9.41. The molecule has 4 aliphatic heterocycles. The molecule has 0 saturated carbocycles. The van der Waals surface area contributed by atoms with Crippen LogP contribution >= 0.6 is 0 Å². The Morgan fingerprint density at radius 3 is 1.65 bits per heavy atom. The molecule has 4 aliphatic rings. The Hall–Kier alpha value is -7.10. The highest BCUT2D eigenvalue weighted by Crippen LogP contribution is 2.32. The molecule has 10 rings (SSSR count). The lowest BCUT2D eigenvalue weighted by Gasteiger charge is -2.27. The normalized spacial score (nSPS) is 17.6. The van der Waals surface area contributed by atoms with Crippen LogP contribution in [0.4, 0.5) is 21.2 Å². The highest BCUT2D eigenvalue weighted by Gasteiger charge is 2.33. The number of likely N-dealkylation sites (tertiary alicyclic amines) is 2. The summed E-state index contributed by atoms with van der Waals surface area (Å²) in [6.07, 6.45) is 12.6. The lowest BCUT2D eigenvalue weighted by Crippen LogP contribution is -2.35. The topological polar surface area (TPSA) is 281 Å². The fourth-order valence-electron chi connectivity index (χ4n) is 9.41. The Morgan fingerprint density at radius 2 is 1.18 bits per heavy atom. The number of aromatic amines is 2. The Bertz CT molecular complexity index is 2820. The molecular formula is C50H69N13O9. The van der Waals surface area contributed by atoms with Gasteiger partial charge in [0, 0.05) is 82.1 Å². The van der Waals surface area contributed by atoms with Crippen molar-refractivity contribution in [3.05, 3.63) is 71.2 Å². The molecule has 0 aromatic carbocycles. The smallest absolute Gasteiger partial charge is 0.410 e. The van der Waals surface area contributed by atoms with Crippen molar-refractivity contribution in [3.63, 3.8) is 0 Å². The molecule has 2 fully saturated rings. The SMILES string of the molecule is C.CC(C)(C)OC(=O)N1CCC(CCCC(=O)c2noc3c2CN(c2ncnc4[nH]ccc24)CC3)C1.CC(C)(C)OC(=O)N1CCC(CCN)C1.O=C(O)c1noc2c1CN(c1ncnc3[nH]ccc13)CC2. The Kier molecular flexibility index (Phi) is 16.5. The molecule has 0 aliphatic carbocycles. The van der Waals surface area contributed by atoms with Crippen LogP contribution in [0.5, 0.6) is 0 Å². The summed E-state index contributed by atoms with van der Waals surface area (Å²) in [5.74, 6) is 2.93. The summed E-state index contributed by atoms with van der Waals surface area (Å²) < 4.78 is 21.4. The van der Waals surface area contributed by atoms with Crippen molar-refractivity contribution in [2.75, 3.05) is 55.6 Å². The number of aromatic carboxylic acids is 1. The van der Waals surface area contributed by atoms with E-state index in [4.69, 9.17) is 29.4 Å². The Morgan fingerprint density at radius 1 is 0.708 bits per heavy atom. The number of rotatable bonds is 10. The van der Waals surface area contributed by atoms with Crippen LogP contribution in [0.2, 0.25) is 0 Å². The third kappa shape index (κ3) is 12.7. The van der Waals surface area contributed by atoms with E-state index in [2.05, 4.69) is 45.1 Å². The van der Waals surface area contributed by atoms with E-state index in [1.807, 2.05) is 64.8 Å². The summed E-state index contributed by atoms with van der Waals surface area (Å²) in [6, 6.07) is 3.87. The zero-order valence-electron chi connectivity index (χ0n) is 41.4. The van der Waals surface area contributed by atoms with Gasteiger partial charge in [0.1, 0.15) is 58.3 Å². The predicted octanol–water partition coefficient (Wildman–Crippen LogP) is 7.55. The number of nitrogens with one attached hydrogen (secondary N) is 2. The highest BCUT2D eigenvalue weighted by atomic mass is 16.6. The number of hydrogen-bond donors (Lipinski definition) is 4. The second-order valence-electron chi connectivity index (χ2n) is 20.4. The summed E-state index contributed by atoms with van der Waals surface area (Å²) in [7, 11) is 0. The van der Waals surface area contributed by atoms with Crippen LogP contribution < -0.4 is 15.5 Å². The van der Waals surface area contributed by atoms with Crippen molar-refractivity contribution in [2.24, 2.45) is 17.6 Å². The van der Waals surface area contributed by atoms with Crippen molar-refractivity contribution >= 4 is 57.6 Å². The van der Waals surface area contributed by atoms with Gasteiger partial charge in [-0.05, 0) is 104 Å². The molecule has 2 amide bonds. The lowest BCUT2D eigenvalue weighted by molar-refractivity contribution is 0.0277. The number of anilines is 2. The van der Waals surface area contributed by atoms with Gasteiger partial charge in [0.25, 0.3) is 0 Å². The van der Waals surface area contributed by atoms with Crippen molar-refractivity contribution in [1.82, 2.24) is 50.0 Å². The number of carbonyl (C=O) groups is 4. The van der Waals surface area contributed by atoms with Gasteiger partial charge in [-0.1, -0.05) is 17.7 Å². The van der Waals surface area contributed by atoms with Crippen LogP contribution in [0.1, 0.15) is 131 Å². The zero-order valence-corrected chi connectivity index (χ0v) is 41.4. The third-order valence-electron chi connectivity index (χ3n) is 12.9. The van der Waals surface area contributed by atoms with Crippen LogP contribution in [-0.2, 0) is 35.4 Å². The largest absolute Gasteiger partial charge is 0.476 e. The van der Waals surface area contributed by atoms with Gasteiger partial charge in [0.2, 0.25) is 0 Å². The van der Waals surface area contributed by atoms with Crippen LogP contribution in [0, 0.1) is 11.8 Å². The number of carbonyl (C=O) groups excluding carboxylic acids is 3. The lowest BCUT2D eigenvalue weighted by atomic mass is 9.97. The van der Waals surface area contributed by atoms with Gasteiger partial charge in [-0.25, -0.2) is 34.3 Å². The first-order valence-corrected chi connectivity index (χ1v) is 24.4. The molecule has 388 valence electrons. The monoisotopic (exact) mass is 996 g/mol. The quantitative estimate of drug-likeness (QED) is 0.0963. The number of ether oxygens (including phenoxy) is 2. The van der Waals surface area contributed by atoms with Gasteiger partial charge in [-0.15, -0.1) is 0 Å². The van der Waals surface area contributed by atoms with Gasteiger partial charge < -0.3 is 58.9 Å². The number of carboxylic acids is 1. The number of Topliss-reactive ketones (excluding diaryl/α,β-unsaturated/α-hetero) is 1. The number of aromatic nitrogens is 8. The Balaban J connectivity index is 0.000000174. The van der Waals surface area contributed by atoms with E-state index in [0.29, 0.717) is 87.4 Å². The first kappa shape index (κ1) is 52.7. The fraction of sp³-hybridized carbons (Fsp3) is 0.560. The van der Waals surface area contributed by atoms with Crippen molar-refractivity contribution in [2.45, 2.75) is 125 Å². The number of nitrogens with zero attached hydrogens (tertiary/aromatic N) is 10. The molecule has 6 aromatic heterocycles.